The van der Waals surface area contributed by atoms with Crippen molar-refractivity contribution in [1.29, 1.82) is 0 Å². The van der Waals surface area contributed by atoms with Crippen LogP contribution >= 0.6 is 11.3 Å². The molecule has 0 fully saturated rings. The molecule has 1 atom stereocenters. The molecule has 1 aromatic carbocycles. The van der Waals surface area contributed by atoms with Gasteiger partial charge in [-0.3, -0.25) is 4.79 Å². The van der Waals surface area contributed by atoms with E-state index >= 15 is 0 Å². The predicted octanol–water partition coefficient (Wildman–Crippen LogP) is 1.86. The van der Waals surface area contributed by atoms with E-state index in [4.69, 9.17) is 9.88 Å². The van der Waals surface area contributed by atoms with Crippen molar-refractivity contribution in [3.63, 3.8) is 0 Å². The molecule has 7 nitrogen and oxygen atoms in total. The van der Waals surface area contributed by atoms with Gasteiger partial charge < -0.3 is 10.1 Å². The third-order valence-corrected chi connectivity index (χ3v) is 5.32. The van der Waals surface area contributed by atoms with Gasteiger partial charge in [0.15, 0.2) is 6.10 Å². The molecule has 1 aromatic heterocycles. The Kier molecular flexibility index (Phi) is 5.50. The minimum Gasteiger partial charge on any atom is -0.449 e. The van der Waals surface area contributed by atoms with Crippen molar-refractivity contribution in [1.82, 2.24) is 0 Å². The predicted molar refractivity (Wildman–Crippen MR) is 85.6 cm³/mol. The van der Waals surface area contributed by atoms with Crippen LogP contribution in [0.15, 0.2) is 33.9 Å². The zero-order valence-electron chi connectivity index (χ0n) is 12.7. The average Bonchev–Trinajstić information content (AvgIpc) is 3.00. The van der Waals surface area contributed by atoms with E-state index in [1.807, 2.05) is 0 Å². The number of halogens is 2. The van der Waals surface area contributed by atoms with Crippen LogP contribution in [0.3, 0.4) is 0 Å². The number of thiophene rings is 1. The van der Waals surface area contributed by atoms with E-state index in [0.29, 0.717) is 6.07 Å². The van der Waals surface area contributed by atoms with Crippen molar-refractivity contribution in [2.24, 2.45) is 5.14 Å². The Bertz CT molecular complexity index is 927. The van der Waals surface area contributed by atoms with E-state index in [1.165, 1.54) is 12.3 Å². The number of hydrogen-bond donors (Lipinski definition) is 2. The maximum atomic E-state index is 13.5. The van der Waals surface area contributed by atoms with E-state index in [0.717, 1.165) is 29.5 Å². The largest absolute Gasteiger partial charge is 0.449 e. The molecule has 0 radical (unpaired) electrons. The number of primary sulfonamides is 1. The summed E-state index contributed by atoms with van der Waals surface area (Å²) in [6.07, 6.45) is -1.31. The summed E-state index contributed by atoms with van der Waals surface area (Å²) < 4.78 is 53.3. The highest BCUT2D eigenvalue weighted by Crippen LogP contribution is 2.20. The van der Waals surface area contributed by atoms with Gasteiger partial charge in [-0.1, -0.05) is 0 Å². The molecule has 11 heteroatoms. The molecule has 0 aliphatic carbocycles. The Morgan fingerprint density at radius 1 is 1.28 bits per heavy atom. The third kappa shape index (κ3) is 4.81. The zero-order valence-corrected chi connectivity index (χ0v) is 14.3. The Morgan fingerprint density at radius 2 is 1.96 bits per heavy atom. The third-order valence-electron chi connectivity index (χ3n) is 2.93. The van der Waals surface area contributed by atoms with E-state index < -0.39 is 39.6 Å². The first-order chi connectivity index (χ1) is 11.6. The van der Waals surface area contributed by atoms with Gasteiger partial charge in [0.05, 0.1) is 11.3 Å². The maximum Gasteiger partial charge on any atom is 0.339 e. The molecule has 3 N–H and O–H groups in total. The fraction of sp³-hybridized carbons (Fsp3) is 0.143. The van der Waals surface area contributed by atoms with Gasteiger partial charge in [-0.25, -0.2) is 27.1 Å². The van der Waals surface area contributed by atoms with E-state index in [1.54, 1.807) is 0 Å². The van der Waals surface area contributed by atoms with Crippen LogP contribution in [0.5, 0.6) is 0 Å². The second-order valence-electron chi connectivity index (χ2n) is 4.86. The molecule has 0 bridgehead atoms. The molecular weight excluding hydrogens is 378 g/mol. The summed E-state index contributed by atoms with van der Waals surface area (Å²) in [5, 5.41) is 8.30. The average molecular weight is 390 g/mol. The van der Waals surface area contributed by atoms with E-state index in [2.05, 4.69) is 5.32 Å². The number of sulfonamides is 1. The van der Waals surface area contributed by atoms with Gasteiger partial charge in [0.25, 0.3) is 5.91 Å². The van der Waals surface area contributed by atoms with Crippen LogP contribution in [0.25, 0.3) is 0 Å². The number of benzene rings is 1. The van der Waals surface area contributed by atoms with Crippen molar-refractivity contribution in [2.45, 2.75) is 17.2 Å². The van der Waals surface area contributed by atoms with Crippen LogP contribution in [-0.2, 0) is 19.6 Å². The van der Waals surface area contributed by atoms with Gasteiger partial charge in [-0.05, 0) is 25.1 Å². The molecule has 2 aromatic rings. The quantitative estimate of drug-likeness (QED) is 0.756. The molecule has 1 heterocycles. The Labute approximate surface area is 145 Å². The molecule has 134 valence electrons. The van der Waals surface area contributed by atoms with Gasteiger partial charge in [0.2, 0.25) is 10.0 Å². The second kappa shape index (κ2) is 7.25. The summed E-state index contributed by atoms with van der Waals surface area (Å²) in [5.74, 6) is -3.59. The van der Waals surface area contributed by atoms with Crippen LogP contribution in [-0.4, -0.2) is 26.4 Å². The number of esters is 1. The maximum absolute atomic E-state index is 13.5. The number of amides is 1. The summed E-state index contributed by atoms with van der Waals surface area (Å²) in [6, 6.07) is 3.59. The molecular formula is C14H12F2N2O5S2. The number of nitrogens with one attached hydrogen (secondary N) is 1. The normalized spacial score (nSPS) is 12.5. The summed E-state index contributed by atoms with van der Waals surface area (Å²) >= 11 is 0.727. The van der Waals surface area contributed by atoms with Crippen molar-refractivity contribution < 1.29 is 31.5 Å². The molecule has 0 saturated carbocycles. The van der Waals surface area contributed by atoms with Crippen LogP contribution in [0.2, 0.25) is 0 Å². The fourth-order valence-corrected chi connectivity index (χ4v) is 3.25. The fourth-order valence-electron chi connectivity index (χ4n) is 1.68. The molecule has 0 aliphatic rings. The minimum atomic E-state index is -3.95. The Morgan fingerprint density at radius 3 is 2.52 bits per heavy atom. The smallest absolute Gasteiger partial charge is 0.339 e. The lowest BCUT2D eigenvalue weighted by atomic mass is 10.2. The molecule has 25 heavy (non-hydrogen) atoms. The first-order valence-electron chi connectivity index (χ1n) is 6.66. The first kappa shape index (κ1) is 19.0. The summed E-state index contributed by atoms with van der Waals surface area (Å²) in [5.41, 5.74) is -0.372. The number of hydrogen-bond acceptors (Lipinski definition) is 6. The zero-order chi connectivity index (χ0) is 18.8. The lowest BCUT2D eigenvalue weighted by molar-refractivity contribution is -0.123. The summed E-state index contributed by atoms with van der Waals surface area (Å²) in [6.45, 7) is 1.24. The van der Waals surface area contributed by atoms with Gasteiger partial charge in [-0.15, -0.1) is 11.3 Å². The monoisotopic (exact) mass is 390 g/mol. The number of anilines is 1. The molecule has 0 aliphatic heterocycles. The Hall–Kier alpha value is -2.37. The van der Waals surface area contributed by atoms with Gasteiger partial charge in [0, 0.05) is 11.4 Å². The van der Waals surface area contributed by atoms with Crippen LogP contribution in [0, 0.1) is 11.6 Å². The molecule has 1 amide bonds. The topological polar surface area (TPSA) is 116 Å². The SMILES string of the molecule is CC(OC(=O)c1csc(S(N)(=O)=O)c1)C(=O)Nc1ccc(F)cc1F. The lowest BCUT2D eigenvalue weighted by Crippen LogP contribution is -2.30. The van der Waals surface area contributed by atoms with Crippen LogP contribution in [0.4, 0.5) is 14.5 Å². The van der Waals surface area contributed by atoms with Gasteiger partial charge in [-0.2, -0.15) is 0 Å². The standard InChI is InChI=1S/C14H12F2N2O5S2/c1-7(13(19)18-11-3-2-9(15)5-10(11)16)23-14(20)8-4-12(24-6-8)25(17,21)22/h2-7H,1H3,(H,18,19)(H2,17,21,22). The van der Waals surface area contributed by atoms with Gasteiger partial charge in [0.1, 0.15) is 15.8 Å². The van der Waals surface area contributed by atoms with Crippen molar-refractivity contribution in [2.75, 3.05) is 5.32 Å². The van der Waals surface area contributed by atoms with Crippen LogP contribution in [0.1, 0.15) is 17.3 Å². The van der Waals surface area contributed by atoms with Crippen LogP contribution < -0.4 is 10.5 Å². The second-order valence-corrected chi connectivity index (χ2v) is 7.56. The molecule has 0 spiro atoms. The van der Waals surface area contributed by atoms with Crippen molar-refractivity contribution in [3.05, 3.63) is 46.8 Å². The number of rotatable bonds is 5. The highest BCUT2D eigenvalue weighted by Gasteiger charge is 2.22. The number of nitrogens with two attached hydrogens (primary N) is 1. The van der Waals surface area contributed by atoms with Gasteiger partial charge >= 0.3 is 5.97 Å². The number of carbonyl (C=O) groups excluding carboxylic acids is 2. The molecule has 2 rings (SSSR count). The highest BCUT2D eigenvalue weighted by molar-refractivity contribution is 7.91. The van der Waals surface area contributed by atoms with E-state index in [9.17, 15) is 26.8 Å². The van der Waals surface area contributed by atoms with Crippen molar-refractivity contribution in [3.8, 4) is 0 Å². The highest BCUT2D eigenvalue weighted by atomic mass is 32.2. The van der Waals surface area contributed by atoms with E-state index in [-0.39, 0.29) is 15.5 Å². The van der Waals surface area contributed by atoms with Crippen molar-refractivity contribution >= 4 is 38.9 Å². The first-order valence-corrected chi connectivity index (χ1v) is 9.09. The Balaban J connectivity index is 2.03. The molecule has 0 saturated heterocycles. The number of ether oxygens (including phenoxy) is 1. The molecule has 1 unspecified atom stereocenters. The lowest BCUT2D eigenvalue weighted by Gasteiger charge is -2.13. The summed E-state index contributed by atoms with van der Waals surface area (Å²) in [7, 11) is -3.95. The number of carbonyl (C=O) groups is 2. The summed E-state index contributed by atoms with van der Waals surface area (Å²) in [4.78, 5) is 23.8. The minimum absolute atomic E-state index is 0.0957.